The van der Waals surface area contributed by atoms with Crippen LogP contribution in [0.2, 0.25) is 0 Å². The van der Waals surface area contributed by atoms with Crippen molar-refractivity contribution in [2.45, 2.75) is 20.1 Å². The van der Waals surface area contributed by atoms with E-state index in [-0.39, 0.29) is 5.91 Å². The van der Waals surface area contributed by atoms with E-state index < -0.39 is 0 Å². The number of pyridine rings is 1. The van der Waals surface area contributed by atoms with Crippen molar-refractivity contribution >= 4 is 29.0 Å². The second-order valence-corrected chi connectivity index (χ2v) is 7.87. The van der Waals surface area contributed by atoms with Crippen LogP contribution in [0, 0.1) is 6.92 Å². The fraction of sp³-hybridized carbons (Fsp3) is 0.217. The van der Waals surface area contributed by atoms with Crippen molar-refractivity contribution in [3.05, 3.63) is 65.4 Å². The third-order valence-corrected chi connectivity index (χ3v) is 5.42. The smallest absolute Gasteiger partial charge is 0.254 e. The van der Waals surface area contributed by atoms with Crippen molar-refractivity contribution in [1.29, 1.82) is 0 Å². The largest absolute Gasteiger partial charge is 0.370 e. The molecule has 0 atom stereocenters. The van der Waals surface area contributed by atoms with E-state index in [1.165, 1.54) is 6.20 Å². The predicted octanol–water partition coefficient (Wildman–Crippen LogP) is 2.85. The minimum atomic E-state index is -0.260. The van der Waals surface area contributed by atoms with Gasteiger partial charge in [0.05, 0.1) is 30.2 Å². The molecule has 0 radical (unpaired) electrons. The van der Waals surface area contributed by atoms with Crippen LogP contribution in [0.1, 0.15) is 27.2 Å². The molecule has 4 aromatic rings. The summed E-state index contributed by atoms with van der Waals surface area (Å²) in [4.78, 5) is 30.1. The summed E-state index contributed by atoms with van der Waals surface area (Å²) in [5.74, 6) is 1.23. The fourth-order valence-corrected chi connectivity index (χ4v) is 3.69. The van der Waals surface area contributed by atoms with Crippen molar-refractivity contribution in [2.75, 3.05) is 17.7 Å². The van der Waals surface area contributed by atoms with E-state index in [4.69, 9.17) is 4.74 Å². The first-order valence-corrected chi connectivity index (χ1v) is 10.7. The van der Waals surface area contributed by atoms with Gasteiger partial charge in [-0.25, -0.2) is 19.9 Å². The number of carbonyl (C=O) groups is 1. The van der Waals surface area contributed by atoms with E-state index >= 15 is 0 Å². The summed E-state index contributed by atoms with van der Waals surface area (Å²) in [6.07, 6.45) is 4.84. The standard InChI is InChI=1S/C23H23N9O2/c1-13-16(21-27-12-32(3)31-21)6-14-7-18(13)29-19-8-20(26-9-17(19)22(33)24-2)30-23-25-5-4-15(28-23)11-34-10-14/h4-9,12,29H,10-11H2,1-3H3,(H,24,33)(H,25,26,28,30). The van der Waals surface area contributed by atoms with Crippen molar-refractivity contribution in [2.24, 2.45) is 7.05 Å². The van der Waals surface area contributed by atoms with Crippen LogP contribution in [-0.4, -0.2) is 42.7 Å². The Morgan fingerprint density at radius 3 is 2.79 bits per heavy atom. The van der Waals surface area contributed by atoms with E-state index in [0.29, 0.717) is 42.1 Å². The molecule has 0 saturated carbocycles. The molecule has 0 fully saturated rings. The quantitative estimate of drug-likeness (QED) is 0.416. The second kappa shape index (κ2) is 8.87. The lowest BCUT2D eigenvalue weighted by molar-refractivity contribution is 0.0963. The summed E-state index contributed by atoms with van der Waals surface area (Å²) in [7, 11) is 3.41. The maximum Gasteiger partial charge on any atom is 0.254 e. The van der Waals surface area contributed by atoms with Crippen LogP contribution in [0.3, 0.4) is 0 Å². The van der Waals surface area contributed by atoms with Crippen LogP contribution in [0.25, 0.3) is 11.4 Å². The van der Waals surface area contributed by atoms with Gasteiger partial charge in [-0.1, -0.05) is 0 Å². The van der Waals surface area contributed by atoms with E-state index in [1.54, 1.807) is 36.4 Å². The zero-order valence-corrected chi connectivity index (χ0v) is 19.0. The van der Waals surface area contributed by atoms with Gasteiger partial charge in [0.15, 0.2) is 5.82 Å². The molecule has 3 aromatic heterocycles. The predicted molar refractivity (Wildman–Crippen MR) is 126 cm³/mol. The summed E-state index contributed by atoms with van der Waals surface area (Å²) in [6.45, 7) is 2.66. The number of rotatable bonds is 2. The third kappa shape index (κ3) is 4.28. The Kier molecular flexibility index (Phi) is 5.60. The highest BCUT2D eigenvalue weighted by molar-refractivity contribution is 6.00. The average molecular weight is 457 g/mol. The third-order valence-electron chi connectivity index (χ3n) is 5.42. The number of nitrogens with one attached hydrogen (secondary N) is 3. The molecule has 172 valence electrons. The van der Waals surface area contributed by atoms with Gasteiger partial charge in [0.25, 0.3) is 5.91 Å². The highest BCUT2D eigenvalue weighted by Crippen LogP contribution is 2.33. The first-order valence-electron chi connectivity index (χ1n) is 10.7. The van der Waals surface area contributed by atoms with Gasteiger partial charge < -0.3 is 20.7 Å². The summed E-state index contributed by atoms with van der Waals surface area (Å²) in [6, 6.07) is 7.58. The van der Waals surface area contributed by atoms with Gasteiger partial charge >= 0.3 is 0 Å². The Balaban J connectivity index is 1.67. The molecular formula is C23H23N9O2. The highest BCUT2D eigenvalue weighted by Gasteiger charge is 2.18. The van der Waals surface area contributed by atoms with Crippen molar-refractivity contribution in [1.82, 2.24) is 35.0 Å². The molecule has 1 aliphatic heterocycles. The van der Waals surface area contributed by atoms with Gasteiger partial charge in [-0.2, -0.15) is 5.10 Å². The number of hydrogen-bond acceptors (Lipinski definition) is 9. The lowest BCUT2D eigenvalue weighted by atomic mass is 10.0. The molecule has 0 aliphatic carbocycles. The van der Waals surface area contributed by atoms with Crippen molar-refractivity contribution in [3.8, 4) is 11.4 Å². The summed E-state index contributed by atoms with van der Waals surface area (Å²) < 4.78 is 7.61. The van der Waals surface area contributed by atoms with Gasteiger partial charge in [0.2, 0.25) is 5.95 Å². The SMILES string of the molecule is CNC(=O)c1cnc2cc1Nc1cc(cc(-c3ncn(C)n3)c1C)COCc1ccnc(n1)N2. The molecule has 0 saturated heterocycles. The molecule has 34 heavy (non-hydrogen) atoms. The van der Waals surface area contributed by atoms with E-state index in [0.717, 1.165) is 28.1 Å². The van der Waals surface area contributed by atoms with E-state index in [1.807, 2.05) is 26.1 Å². The molecule has 3 N–H and O–H groups in total. The summed E-state index contributed by atoms with van der Waals surface area (Å²) >= 11 is 0. The number of aromatic nitrogens is 6. The molecular weight excluding hydrogens is 434 g/mol. The number of carbonyl (C=O) groups excluding carboxylic acids is 1. The molecule has 5 rings (SSSR count). The molecule has 1 amide bonds. The van der Waals surface area contributed by atoms with Crippen LogP contribution < -0.4 is 16.0 Å². The van der Waals surface area contributed by atoms with Gasteiger partial charge in [0, 0.05) is 43.8 Å². The van der Waals surface area contributed by atoms with Crippen LogP contribution in [0.5, 0.6) is 0 Å². The zero-order valence-electron chi connectivity index (χ0n) is 19.0. The first kappa shape index (κ1) is 21.5. The monoisotopic (exact) mass is 457 g/mol. The lowest BCUT2D eigenvalue weighted by Crippen LogP contribution is -2.20. The Labute approximate surface area is 195 Å². The number of ether oxygens (including phenoxy) is 1. The Bertz CT molecular complexity index is 1380. The van der Waals surface area contributed by atoms with Crippen LogP contribution in [0.4, 0.5) is 23.1 Å². The lowest BCUT2D eigenvalue weighted by Gasteiger charge is -2.18. The topological polar surface area (TPSA) is 132 Å². The first-order chi connectivity index (χ1) is 16.5. The minimum Gasteiger partial charge on any atom is -0.370 e. The summed E-state index contributed by atoms with van der Waals surface area (Å²) in [5.41, 5.74) is 5.24. The van der Waals surface area contributed by atoms with Gasteiger partial charge in [-0.15, -0.1) is 0 Å². The van der Waals surface area contributed by atoms with Gasteiger partial charge in [-0.05, 0) is 36.2 Å². The molecule has 0 spiro atoms. The molecule has 11 nitrogen and oxygen atoms in total. The number of hydrogen-bond donors (Lipinski definition) is 3. The van der Waals surface area contributed by atoms with Crippen molar-refractivity contribution < 1.29 is 9.53 Å². The molecule has 1 aromatic carbocycles. The molecule has 1 aliphatic rings. The number of fused-ring (bicyclic) bond motifs is 6. The van der Waals surface area contributed by atoms with Crippen molar-refractivity contribution in [3.63, 3.8) is 0 Å². The number of nitrogens with zero attached hydrogens (tertiary/aromatic N) is 6. The summed E-state index contributed by atoms with van der Waals surface area (Å²) in [5, 5.41) is 13.7. The number of benzene rings is 1. The van der Waals surface area contributed by atoms with Gasteiger partial charge in [-0.3, -0.25) is 9.48 Å². The minimum absolute atomic E-state index is 0.260. The second-order valence-electron chi connectivity index (χ2n) is 7.87. The highest BCUT2D eigenvalue weighted by atomic mass is 16.5. The number of aryl methyl sites for hydroxylation is 1. The molecule has 11 heteroatoms. The van der Waals surface area contributed by atoms with Crippen LogP contribution in [0.15, 0.2) is 43.0 Å². The maximum atomic E-state index is 12.6. The fourth-order valence-electron chi connectivity index (χ4n) is 3.69. The Hall–Kier alpha value is -4.38. The molecule has 6 bridgehead atoms. The number of amides is 1. The number of anilines is 4. The van der Waals surface area contributed by atoms with E-state index in [2.05, 4.69) is 41.0 Å². The normalized spacial score (nSPS) is 12.8. The van der Waals surface area contributed by atoms with E-state index in [9.17, 15) is 4.79 Å². The Morgan fingerprint density at radius 2 is 2.00 bits per heavy atom. The van der Waals surface area contributed by atoms with Crippen LogP contribution >= 0.6 is 0 Å². The van der Waals surface area contributed by atoms with Crippen LogP contribution in [-0.2, 0) is 25.0 Å². The Morgan fingerprint density at radius 1 is 1.12 bits per heavy atom. The zero-order chi connectivity index (χ0) is 23.7. The van der Waals surface area contributed by atoms with Gasteiger partial charge in [0.1, 0.15) is 12.1 Å². The molecule has 4 heterocycles. The average Bonchev–Trinajstić information content (AvgIpc) is 3.26. The molecule has 0 unspecified atom stereocenters. The maximum absolute atomic E-state index is 12.6.